The molecular weight excluding hydrogens is 266 g/mol. The molecule has 2 aromatic rings. The Balaban J connectivity index is 2.02. The second kappa shape index (κ2) is 6.13. The van der Waals surface area contributed by atoms with Crippen molar-refractivity contribution in [1.82, 2.24) is 19.9 Å². The van der Waals surface area contributed by atoms with Crippen LogP contribution in [0.2, 0.25) is 0 Å². The normalized spacial score (nSPS) is 18.1. The van der Waals surface area contributed by atoms with Gasteiger partial charge < -0.3 is 10.1 Å². The van der Waals surface area contributed by atoms with Crippen molar-refractivity contribution in [3.8, 4) is 11.3 Å². The van der Waals surface area contributed by atoms with Gasteiger partial charge in [-0.2, -0.15) is 0 Å². The monoisotopic (exact) mass is 285 g/mol. The van der Waals surface area contributed by atoms with Gasteiger partial charge in [-0.15, -0.1) is 0 Å². The molecule has 1 aliphatic heterocycles. The molecule has 21 heavy (non-hydrogen) atoms. The van der Waals surface area contributed by atoms with Gasteiger partial charge in [-0.05, 0) is 26.7 Å². The summed E-state index contributed by atoms with van der Waals surface area (Å²) >= 11 is 0. The molecule has 1 N–H and O–H groups in total. The van der Waals surface area contributed by atoms with Crippen LogP contribution in [-0.4, -0.2) is 32.6 Å². The van der Waals surface area contributed by atoms with Gasteiger partial charge in [-0.3, -0.25) is 9.97 Å². The van der Waals surface area contributed by atoms with Crippen LogP contribution in [0.4, 0.5) is 5.95 Å². The number of rotatable bonds is 4. The van der Waals surface area contributed by atoms with Crippen molar-refractivity contribution in [2.75, 3.05) is 11.9 Å². The molecule has 0 unspecified atom stereocenters. The second-order valence-corrected chi connectivity index (χ2v) is 5.38. The van der Waals surface area contributed by atoms with Gasteiger partial charge in [0.05, 0.1) is 17.6 Å². The van der Waals surface area contributed by atoms with Gasteiger partial charge in [0.2, 0.25) is 5.95 Å². The predicted molar refractivity (Wildman–Crippen MR) is 79.7 cm³/mol. The van der Waals surface area contributed by atoms with Crippen LogP contribution in [0.5, 0.6) is 0 Å². The van der Waals surface area contributed by atoms with Crippen molar-refractivity contribution in [1.29, 1.82) is 0 Å². The molecule has 3 heterocycles. The molecule has 1 aliphatic rings. The van der Waals surface area contributed by atoms with Gasteiger partial charge in [0.25, 0.3) is 0 Å². The molecule has 1 atom stereocenters. The number of hydrogen-bond donors (Lipinski definition) is 1. The highest BCUT2D eigenvalue weighted by molar-refractivity contribution is 5.61. The molecule has 6 nitrogen and oxygen atoms in total. The number of ether oxygens (including phenoxy) is 1. The van der Waals surface area contributed by atoms with Crippen molar-refractivity contribution in [2.45, 2.75) is 38.8 Å². The van der Waals surface area contributed by atoms with Crippen molar-refractivity contribution in [3.05, 3.63) is 30.5 Å². The van der Waals surface area contributed by atoms with E-state index in [0.717, 1.165) is 36.4 Å². The van der Waals surface area contributed by atoms with Gasteiger partial charge in [0.15, 0.2) is 0 Å². The van der Waals surface area contributed by atoms with Gasteiger partial charge >= 0.3 is 0 Å². The Hall–Kier alpha value is -2.08. The summed E-state index contributed by atoms with van der Waals surface area (Å²) in [7, 11) is 0. The molecule has 0 aliphatic carbocycles. The number of hydrogen-bond acceptors (Lipinski definition) is 6. The minimum absolute atomic E-state index is 0.0118. The van der Waals surface area contributed by atoms with E-state index in [2.05, 4.69) is 39.1 Å². The molecule has 0 aromatic carbocycles. The first-order valence-electron chi connectivity index (χ1n) is 7.25. The third kappa shape index (κ3) is 3.16. The van der Waals surface area contributed by atoms with Crippen LogP contribution >= 0.6 is 0 Å². The van der Waals surface area contributed by atoms with Gasteiger partial charge in [0.1, 0.15) is 6.10 Å². The average Bonchev–Trinajstić information content (AvgIpc) is 3.01. The van der Waals surface area contributed by atoms with Crippen LogP contribution < -0.4 is 5.32 Å². The summed E-state index contributed by atoms with van der Waals surface area (Å²) in [5.74, 6) is 0.628. The Morgan fingerprint density at radius 1 is 1.24 bits per heavy atom. The van der Waals surface area contributed by atoms with Crippen LogP contribution in [0.1, 0.15) is 38.5 Å². The molecule has 0 bridgehead atoms. The van der Waals surface area contributed by atoms with Gasteiger partial charge in [-0.25, -0.2) is 9.97 Å². The maximum Gasteiger partial charge on any atom is 0.223 e. The summed E-state index contributed by atoms with van der Waals surface area (Å²) in [5.41, 5.74) is 2.56. The molecule has 0 amide bonds. The standard InChI is InChI=1S/C15H19N5O/c1-10(2)19-15-18-8-11(12-9-16-5-6-17-12)14(20-15)13-4-3-7-21-13/h5-6,8-10,13H,3-4,7H2,1-2H3,(H,18,19,20)/t13-/m0/s1. The smallest absolute Gasteiger partial charge is 0.223 e. The molecule has 2 aromatic heterocycles. The molecule has 0 spiro atoms. The van der Waals surface area contributed by atoms with E-state index in [4.69, 9.17) is 4.74 Å². The largest absolute Gasteiger partial charge is 0.372 e. The number of nitrogens with one attached hydrogen (secondary N) is 1. The van der Waals surface area contributed by atoms with E-state index in [9.17, 15) is 0 Å². The average molecular weight is 285 g/mol. The Kier molecular flexibility index (Phi) is 4.06. The SMILES string of the molecule is CC(C)Nc1ncc(-c2cnccn2)c([C@@H]2CCCO2)n1. The lowest BCUT2D eigenvalue weighted by Gasteiger charge is -2.16. The first-order valence-corrected chi connectivity index (χ1v) is 7.25. The molecule has 110 valence electrons. The number of aromatic nitrogens is 4. The minimum Gasteiger partial charge on any atom is -0.372 e. The van der Waals surface area contributed by atoms with E-state index in [1.165, 1.54) is 0 Å². The minimum atomic E-state index is 0.0118. The summed E-state index contributed by atoms with van der Waals surface area (Å²) in [6.45, 7) is 4.90. The molecule has 0 radical (unpaired) electrons. The molecule has 3 rings (SSSR count). The Morgan fingerprint density at radius 3 is 2.81 bits per heavy atom. The van der Waals surface area contributed by atoms with E-state index < -0.39 is 0 Å². The van der Waals surface area contributed by atoms with Gasteiger partial charge in [0, 0.05) is 36.8 Å². The summed E-state index contributed by atoms with van der Waals surface area (Å²) < 4.78 is 5.79. The van der Waals surface area contributed by atoms with E-state index in [1.54, 1.807) is 24.8 Å². The summed E-state index contributed by atoms with van der Waals surface area (Å²) in [6.07, 6.45) is 8.91. The van der Waals surface area contributed by atoms with Crippen LogP contribution in [0, 0.1) is 0 Å². The van der Waals surface area contributed by atoms with Gasteiger partial charge in [-0.1, -0.05) is 0 Å². The first-order chi connectivity index (χ1) is 10.2. The van der Waals surface area contributed by atoms with Crippen molar-refractivity contribution >= 4 is 5.95 Å². The Morgan fingerprint density at radius 2 is 2.14 bits per heavy atom. The zero-order valence-electron chi connectivity index (χ0n) is 12.3. The summed E-state index contributed by atoms with van der Waals surface area (Å²) in [5, 5.41) is 3.23. The maximum atomic E-state index is 5.79. The van der Waals surface area contributed by atoms with E-state index >= 15 is 0 Å². The van der Waals surface area contributed by atoms with Crippen LogP contribution in [0.3, 0.4) is 0 Å². The summed E-state index contributed by atoms with van der Waals surface area (Å²) in [4.78, 5) is 17.5. The second-order valence-electron chi connectivity index (χ2n) is 5.38. The molecule has 6 heteroatoms. The Labute approximate surface area is 124 Å². The third-order valence-corrected chi connectivity index (χ3v) is 3.31. The molecule has 1 saturated heterocycles. The molecule has 0 saturated carbocycles. The van der Waals surface area contributed by atoms with Crippen LogP contribution in [0.25, 0.3) is 11.3 Å². The number of anilines is 1. The fraction of sp³-hybridized carbons (Fsp3) is 0.467. The van der Waals surface area contributed by atoms with Crippen molar-refractivity contribution in [3.63, 3.8) is 0 Å². The highest BCUT2D eigenvalue weighted by atomic mass is 16.5. The van der Waals surface area contributed by atoms with Crippen LogP contribution in [-0.2, 0) is 4.74 Å². The van der Waals surface area contributed by atoms with Crippen molar-refractivity contribution < 1.29 is 4.74 Å². The molecular formula is C15H19N5O. The lowest BCUT2D eigenvalue weighted by atomic mass is 10.1. The molecule has 1 fully saturated rings. The lowest BCUT2D eigenvalue weighted by Crippen LogP contribution is -2.14. The fourth-order valence-corrected chi connectivity index (χ4v) is 2.40. The maximum absolute atomic E-state index is 5.79. The van der Waals surface area contributed by atoms with E-state index in [-0.39, 0.29) is 12.1 Å². The lowest BCUT2D eigenvalue weighted by molar-refractivity contribution is 0.109. The third-order valence-electron chi connectivity index (χ3n) is 3.31. The highest BCUT2D eigenvalue weighted by Crippen LogP contribution is 2.33. The number of nitrogens with zero attached hydrogens (tertiary/aromatic N) is 4. The Bertz CT molecular complexity index is 596. The zero-order valence-corrected chi connectivity index (χ0v) is 12.3. The van der Waals surface area contributed by atoms with E-state index in [0.29, 0.717) is 5.95 Å². The topological polar surface area (TPSA) is 72.8 Å². The summed E-state index contributed by atoms with van der Waals surface area (Å²) in [6, 6.07) is 0.282. The highest BCUT2D eigenvalue weighted by Gasteiger charge is 2.24. The zero-order chi connectivity index (χ0) is 14.7. The fourth-order valence-electron chi connectivity index (χ4n) is 2.40. The van der Waals surface area contributed by atoms with Crippen molar-refractivity contribution in [2.24, 2.45) is 0 Å². The van der Waals surface area contributed by atoms with E-state index in [1.807, 2.05) is 0 Å². The van der Waals surface area contributed by atoms with Crippen LogP contribution in [0.15, 0.2) is 24.8 Å². The quantitative estimate of drug-likeness (QED) is 0.931. The predicted octanol–water partition coefficient (Wildman–Crippen LogP) is 2.61. The first kappa shape index (κ1) is 13.9.